The minimum absolute atomic E-state index is 0.250. The molecule has 0 N–H and O–H groups in total. The van der Waals surface area contributed by atoms with Crippen molar-refractivity contribution in [2.45, 2.75) is 26.3 Å². The molecule has 0 saturated carbocycles. The second kappa shape index (κ2) is 9.47. The first-order valence-electron chi connectivity index (χ1n) is 11.4. The van der Waals surface area contributed by atoms with Crippen LogP contribution in [0.15, 0.2) is 79.0 Å². The fraction of sp³-hybridized carbons (Fsp3) is 0.259. The van der Waals surface area contributed by atoms with E-state index in [2.05, 4.69) is 48.1 Å². The Labute approximate surface area is 199 Å². The number of hydrogen-bond donors (Lipinski definition) is 0. The zero-order chi connectivity index (χ0) is 23.5. The lowest BCUT2D eigenvalue weighted by atomic mass is 9.97. The van der Waals surface area contributed by atoms with E-state index in [1.165, 1.54) is 11.1 Å². The number of methoxy groups -OCH3 is 1. The van der Waals surface area contributed by atoms with E-state index in [9.17, 15) is 0 Å². The largest absolute Gasteiger partial charge is 0.496 e. The van der Waals surface area contributed by atoms with E-state index in [4.69, 9.17) is 19.2 Å². The van der Waals surface area contributed by atoms with Gasteiger partial charge in [-0.15, -0.1) is 0 Å². The molecule has 2 aromatic carbocycles. The van der Waals surface area contributed by atoms with Crippen LogP contribution in [0.1, 0.15) is 30.9 Å². The average molecular weight is 457 g/mol. The molecule has 1 aliphatic rings. The van der Waals surface area contributed by atoms with Crippen molar-refractivity contribution in [1.82, 2.24) is 14.6 Å². The Hall–Kier alpha value is -4.00. The topological polar surface area (TPSA) is 61.1 Å². The molecule has 0 atom stereocenters. The van der Waals surface area contributed by atoms with Gasteiger partial charge in [0.05, 0.1) is 25.4 Å². The maximum atomic E-state index is 5.69. The summed E-state index contributed by atoms with van der Waals surface area (Å²) in [5.74, 6) is 2.80. The predicted molar refractivity (Wildman–Crippen MR) is 132 cm³/mol. The first-order chi connectivity index (χ1) is 16.6. The summed E-state index contributed by atoms with van der Waals surface area (Å²) in [5, 5.41) is 4.56. The van der Waals surface area contributed by atoms with Crippen molar-refractivity contribution >= 4 is 11.5 Å². The van der Waals surface area contributed by atoms with Crippen molar-refractivity contribution in [3.63, 3.8) is 0 Å². The molecule has 0 aliphatic carbocycles. The summed E-state index contributed by atoms with van der Waals surface area (Å²) < 4.78 is 18.4. The maximum absolute atomic E-state index is 5.69. The summed E-state index contributed by atoms with van der Waals surface area (Å²) in [5.41, 5.74) is 5.11. The third-order valence-corrected chi connectivity index (χ3v) is 5.95. The van der Waals surface area contributed by atoms with Crippen LogP contribution in [-0.2, 0) is 16.0 Å². The lowest BCUT2D eigenvalue weighted by Crippen LogP contribution is -2.26. The standard InChI is InChI=1S/C27H28N4O3/c1-19(2)21-9-10-25(32-3)23(13-21)24-14-28-31-12-11-26(29-27(24)31)30(16-22-17-33-18-34-22)15-20-7-5-4-6-8-20/h4-14,17,19H,15-16,18H2,1-3H3. The van der Waals surface area contributed by atoms with Gasteiger partial charge in [-0.25, -0.2) is 9.50 Å². The third-order valence-electron chi connectivity index (χ3n) is 5.95. The predicted octanol–water partition coefficient (Wildman–Crippen LogP) is 5.38. The van der Waals surface area contributed by atoms with Gasteiger partial charge in [0.15, 0.2) is 11.4 Å². The molecule has 0 saturated heterocycles. The molecule has 5 rings (SSSR count). The van der Waals surface area contributed by atoms with Crippen LogP contribution in [0.25, 0.3) is 16.8 Å². The van der Waals surface area contributed by atoms with Crippen LogP contribution >= 0.6 is 0 Å². The number of hydrogen-bond acceptors (Lipinski definition) is 6. The van der Waals surface area contributed by atoms with Crippen LogP contribution in [0.2, 0.25) is 0 Å². The Morgan fingerprint density at radius 3 is 2.65 bits per heavy atom. The second-order valence-corrected chi connectivity index (χ2v) is 8.58. The Kier molecular flexibility index (Phi) is 6.08. The highest BCUT2D eigenvalue weighted by Crippen LogP contribution is 2.35. The fourth-order valence-corrected chi connectivity index (χ4v) is 4.08. The van der Waals surface area contributed by atoms with E-state index in [1.807, 2.05) is 42.7 Å². The van der Waals surface area contributed by atoms with Crippen molar-refractivity contribution in [3.05, 3.63) is 90.1 Å². The first kappa shape index (κ1) is 21.8. The summed E-state index contributed by atoms with van der Waals surface area (Å²) in [6, 6.07) is 18.6. The highest BCUT2D eigenvalue weighted by Gasteiger charge is 2.19. The minimum Gasteiger partial charge on any atom is -0.496 e. The molecule has 3 heterocycles. The van der Waals surface area contributed by atoms with Gasteiger partial charge in [0, 0.05) is 18.3 Å². The Morgan fingerprint density at radius 1 is 1.06 bits per heavy atom. The van der Waals surface area contributed by atoms with Gasteiger partial charge < -0.3 is 19.1 Å². The Morgan fingerprint density at radius 2 is 1.91 bits per heavy atom. The molecule has 4 aromatic rings. The van der Waals surface area contributed by atoms with Crippen LogP contribution in [-0.4, -0.2) is 35.0 Å². The number of rotatable bonds is 8. The van der Waals surface area contributed by atoms with Gasteiger partial charge in [0.2, 0.25) is 6.79 Å². The van der Waals surface area contributed by atoms with Crippen LogP contribution in [0.4, 0.5) is 5.82 Å². The van der Waals surface area contributed by atoms with Gasteiger partial charge >= 0.3 is 0 Å². The normalized spacial score (nSPS) is 13.0. The lowest BCUT2D eigenvalue weighted by Gasteiger charge is -2.24. The quantitative estimate of drug-likeness (QED) is 0.355. The van der Waals surface area contributed by atoms with Crippen molar-refractivity contribution in [2.75, 3.05) is 25.3 Å². The molecule has 7 heteroatoms. The zero-order valence-electron chi connectivity index (χ0n) is 19.6. The number of anilines is 1. The van der Waals surface area contributed by atoms with Gasteiger partial charge in [0.25, 0.3) is 0 Å². The van der Waals surface area contributed by atoms with Crippen LogP contribution in [0, 0.1) is 0 Å². The summed E-state index contributed by atoms with van der Waals surface area (Å²) >= 11 is 0. The number of ether oxygens (including phenoxy) is 3. The molecule has 174 valence electrons. The highest BCUT2D eigenvalue weighted by atomic mass is 16.7. The van der Waals surface area contributed by atoms with E-state index in [-0.39, 0.29) is 6.79 Å². The molecule has 0 bridgehead atoms. The van der Waals surface area contributed by atoms with Gasteiger partial charge in [-0.3, -0.25) is 0 Å². The first-order valence-corrected chi connectivity index (χ1v) is 11.4. The SMILES string of the molecule is COc1ccc(C(C)C)cc1-c1cnn2ccc(N(CC3=COCO3)Cc3ccccc3)nc12. The van der Waals surface area contributed by atoms with Crippen LogP contribution < -0.4 is 9.64 Å². The smallest absolute Gasteiger partial charge is 0.229 e. The highest BCUT2D eigenvalue weighted by molar-refractivity contribution is 5.82. The minimum atomic E-state index is 0.250. The monoisotopic (exact) mass is 456 g/mol. The van der Waals surface area contributed by atoms with Gasteiger partial charge in [-0.1, -0.05) is 50.2 Å². The number of aromatic nitrogens is 3. The van der Waals surface area contributed by atoms with Gasteiger partial charge in [-0.05, 0) is 35.2 Å². The van der Waals surface area contributed by atoms with Gasteiger partial charge in [0.1, 0.15) is 17.8 Å². The van der Waals surface area contributed by atoms with Crippen molar-refractivity contribution < 1.29 is 14.2 Å². The summed E-state index contributed by atoms with van der Waals surface area (Å²) in [6.45, 7) is 5.85. The Bertz CT molecular complexity index is 1310. The van der Waals surface area contributed by atoms with E-state index < -0.39 is 0 Å². The summed E-state index contributed by atoms with van der Waals surface area (Å²) in [7, 11) is 1.69. The van der Waals surface area contributed by atoms with E-state index >= 15 is 0 Å². The summed E-state index contributed by atoms with van der Waals surface area (Å²) in [6.07, 6.45) is 5.47. The molecule has 7 nitrogen and oxygen atoms in total. The maximum Gasteiger partial charge on any atom is 0.229 e. The van der Waals surface area contributed by atoms with E-state index in [1.54, 1.807) is 17.9 Å². The van der Waals surface area contributed by atoms with Crippen molar-refractivity contribution in [1.29, 1.82) is 0 Å². The molecule has 0 radical (unpaired) electrons. The zero-order valence-corrected chi connectivity index (χ0v) is 19.6. The molecular weight excluding hydrogens is 428 g/mol. The van der Waals surface area contributed by atoms with E-state index in [0.29, 0.717) is 19.0 Å². The van der Waals surface area contributed by atoms with Crippen molar-refractivity contribution in [3.8, 4) is 16.9 Å². The van der Waals surface area contributed by atoms with Crippen molar-refractivity contribution in [2.24, 2.45) is 0 Å². The number of benzene rings is 2. The molecule has 0 unspecified atom stereocenters. The number of nitrogens with zero attached hydrogens (tertiary/aromatic N) is 4. The molecule has 1 aliphatic heterocycles. The van der Waals surface area contributed by atoms with Crippen LogP contribution in [0.3, 0.4) is 0 Å². The summed E-state index contributed by atoms with van der Waals surface area (Å²) in [4.78, 5) is 7.22. The van der Waals surface area contributed by atoms with Crippen LogP contribution in [0.5, 0.6) is 5.75 Å². The Balaban J connectivity index is 1.57. The van der Waals surface area contributed by atoms with E-state index in [0.717, 1.165) is 34.1 Å². The molecule has 0 amide bonds. The molecule has 0 fully saturated rings. The molecule has 0 spiro atoms. The lowest BCUT2D eigenvalue weighted by molar-refractivity contribution is 0.0797. The van der Waals surface area contributed by atoms with Gasteiger partial charge in [-0.2, -0.15) is 5.10 Å². The second-order valence-electron chi connectivity index (χ2n) is 8.58. The molecule has 34 heavy (non-hydrogen) atoms. The average Bonchev–Trinajstić information content (AvgIpc) is 3.53. The fourth-order valence-electron chi connectivity index (χ4n) is 4.08. The number of fused-ring (bicyclic) bond motifs is 1. The molecular formula is C27H28N4O3. The third kappa shape index (κ3) is 4.41. The molecule has 2 aromatic heterocycles.